The number of hydrogen-bond acceptors (Lipinski definition) is 5. The maximum Gasteiger partial charge on any atom is 0.348 e. The molecule has 0 unspecified atom stereocenters. The van der Waals surface area contributed by atoms with E-state index in [0.29, 0.717) is 30.8 Å². The lowest BCUT2D eigenvalue weighted by molar-refractivity contribution is -0.232. The molecule has 0 atom stereocenters. The Bertz CT molecular complexity index is 646. The summed E-state index contributed by atoms with van der Waals surface area (Å²) in [4.78, 5) is 24.5. The van der Waals surface area contributed by atoms with Crippen molar-refractivity contribution in [2.75, 3.05) is 6.61 Å². The van der Waals surface area contributed by atoms with Crippen molar-refractivity contribution in [3.05, 3.63) is 48.1 Å². The molecule has 0 N–H and O–H groups in total. The Balaban J connectivity index is 1.87. The van der Waals surface area contributed by atoms with Gasteiger partial charge in [-0.15, -0.1) is 0 Å². The number of esters is 2. The fourth-order valence-corrected chi connectivity index (χ4v) is 2.82. The minimum atomic E-state index is -1.05. The Morgan fingerprint density at radius 1 is 1.13 bits per heavy atom. The van der Waals surface area contributed by atoms with E-state index in [4.69, 9.17) is 14.2 Å². The van der Waals surface area contributed by atoms with Crippen molar-refractivity contribution < 1.29 is 23.8 Å². The first-order chi connectivity index (χ1) is 11.1. The number of ether oxygens (including phenoxy) is 3. The van der Waals surface area contributed by atoms with E-state index in [1.54, 1.807) is 24.3 Å². The molecule has 5 nitrogen and oxygen atoms in total. The molecule has 1 heterocycles. The zero-order chi connectivity index (χ0) is 16.3. The second-order valence-corrected chi connectivity index (χ2v) is 5.59. The highest BCUT2D eigenvalue weighted by Crippen LogP contribution is 2.39. The lowest BCUT2D eigenvalue weighted by Gasteiger charge is -2.32. The molecule has 5 heteroatoms. The summed E-state index contributed by atoms with van der Waals surface area (Å²) in [5, 5.41) is 0. The smallest absolute Gasteiger partial charge is 0.348 e. The number of para-hydroxylation sites is 1. The average Bonchev–Trinajstić information content (AvgIpc) is 2.97. The number of hydrogen-bond donors (Lipinski definition) is 0. The van der Waals surface area contributed by atoms with Crippen molar-refractivity contribution in [1.29, 1.82) is 0 Å². The molecule has 0 bridgehead atoms. The average molecular weight is 314 g/mol. The molecule has 1 spiro atoms. The zero-order valence-electron chi connectivity index (χ0n) is 12.7. The van der Waals surface area contributed by atoms with Crippen LogP contribution in [0.5, 0.6) is 5.75 Å². The van der Waals surface area contributed by atoms with Gasteiger partial charge in [0.25, 0.3) is 5.79 Å². The van der Waals surface area contributed by atoms with Gasteiger partial charge in [0.1, 0.15) is 17.9 Å². The van der Waals surface area contributed by atoms with E-state index in [1.165, 1.54) is 6.08 Å². The summed E-state index contributed by atoms with van der Waals surface area (Å²) in [6.45, 7) is 3.93. The fraction of sp³-hybridized carbons (Fsp3) is 0.333. The monoisotopic (exact) mass is 314 g/mol. The van der Waals surface area contributed by atoms with Crippen LogP contribution in [0, 0.1) is 0 Å². The molecule has 0 amide bonds. The molecule has 3 rings (SSSR count). The van der Waals surface area contributed by atoms with E-state index < -0.39 is 17.7 Å². The molecule has 23 heavy (non-hydrogen) atoms. The number of rotatable bonds is 4. The Kier molecular flexibility index (Phi) is 4.19. The first kappa shape index (κ1) is 15.3. The fourth-order valence-electron chi connectivity index (χ4n) is 2.82. The van der Waals surface area contributed by atoms with Crippen LogP contribution in [-0.2, 0) is 19.1 Å². The molecule has 1 aromatic carbocycles. The van der Waals surface area contributed by atoms with Crippen molar-refractivity contribution in [2.24, 2.45) is 0 Å². The van der Waals surface area contributed by atoms with Gasteiger partial charge in [-0.2, -0.15) is 0 Å². The first-order valence-corrected chi connectivity index (χ1v) is 7.65. The van der Waals surface area contributed by atoms with Gasteiger partial charge in [-0.1, -0.05) is 30.9 Å². The Morgan fingerprint density at radius 3 is 2.43 bits per heavy atom. The van der Waals surface area contributed by atoms with Crippen molar-refractivity contribution >= 4 is 18.0 Å². The maximum atomic E-state index is 12.2. The summed E-state index contributed by atoms with van der Waals surface area (Å²) < 4.78 is 16.3. The molecule has 120 valence electrons. The normalized spacial score (nSPS) is 19.2. The number of carbonyl (C=O) groups excluding carboxylic acids is 2. The quantitative estimate of drug-likeness (QED) is 0.370. The van der Waals surface area contributed by atoms with Gasteiger partial charge in [-0.05, 0) is 25.0 Å². The predicted octanol–water partition coefficient (Wildman–Crippen LogP) is 3.01. The molecule has 2 fully saturated rings. The van der Waals surface area contributed by atoms with E-state index in [-0.39, 0.29) is 5.57 Å². The SMILES string of the molecule is C=CCOc1ccccc1C=C1C(=O)OC2(CCCC2)OC1=O. The molecule has 1 saturated carbocycles. The van der Waals surface area contributed by atoms with E-state index in [9.17, 15) is 9.59 Å². The van der Waals surface area contributed by atoms with Crippen LogP contribution >= 0.6 is 0 Å². The summed E-state index contributed by atoms with van der Waals surface area (Å²) in [5.74, 6) is -1.77. The third-order valence-electron chi connectivity index (χ3n) is 3.94. The van der Waals surface area contributed by atoms with Gasteiger partial charge in [0.05, 0.1) is 0 Å². The van der Waals surface area contributed by atoms with Crippen LogP contribution in [0.2, 0.25) is 0 Å². The van der Waals surface area contributed by atoms with Gasteiger partial charge < -0.3 is 14.2 Å². The van der Waals surface area contributed by atoms with Crippen LogP contribution in [-0.4, -0.2) is 24.3 Å². The zero-order valence-corrected chi connectivity index (χ0v) is 12.7. The van der Waals surface area contributed by atoms with Crippen LogP contribution in [0.25, 0.3) is 6.08 Å². The Hall–Kier alpha value is -2.56. The standard InChI is InChI=1S/C18H18O5/c1-2-11-21-15-8-4-3-7-13(15)12-14-16(19)22-18(23-17(14)20)9-5-6-10-18/h2-4,7-8,12H,1,5-6,9-11H2. The third-order valence-corrected chi connectivity index (χ3v) is 3.94. The molecule has 1 aliphatic carbocycles. The number of carbonyl (C=O) groups is 2. The highest BCUT2D eigenvalue weighted by molar-refractivity contribution is 6.19. The van der Waals surface area contributed by atoms with E-state index in [2.05, 4.69) is 6.58 Å². The van der Waals surface area contributed by atoms with Crippen molar-refractivity contribution in [1.82, 2.24) is 0 Å². The molecule has 0 radical (unpaired) electrons. The van der Waals surface area contributed by atoms with Crippen molar-refractivity contribution in [2.45, 2.75) is 31.5 Å². The lowest BCUT2D eigenvalue weighted by atomic mass is 10.1. The van der Waals surface area contributed by atoms with Gasteiger partial charge in [-0.3, -0.25) is 0 Å². The summed E-state index contributed by atoms with van der Waals surface area (Å²) in [7, 11) is 0. The summed E-state index contributed by atoms with van der Waals surface area (Å²) in [6, 6.07) is 7.12. The van der Waals surface area contributed by atoms with Crippen molar-refractivity contribution in [3.8, 4) is 5.75 Å². The third kappa shape index (κ3) is 3.13. The van der Waals surface area contributed by atoms with Crippen LogP contribution in [0.3, 0.4) is 0 Å². The first-order valence-electron chi connectivity index (χ1n) is 7.65. The van der Waals surface area contributed by atoms with Crippen LogP contribution in [0.4, 0.5) is 0 Å². The summed E-state index contributed by atoms with van der Waals surface area (Å²) in [5.41, 5.74) is 0.498. The van der Waals surface area contributed by atoms with Crippen LogP contribution in [0.15, 0.2) is 42.5 Å². The largest absolute Gasteiger partial charge is 0.489 e. The maximum absolute atomic E-state index is 12.2. The van der Waals surface area contributed by atoms with Gasteiger partial charge in [0.2, 0.25) is 0 Å². The highest BCUT2D eigenvalue weighted by atomic mass is 16.7. The van der Waals surface area contributed by atoms with Crippen LogP contribution < -0.4 is 4.74 Å². The Morgan fingerprint density at radius 2 is 1.78 bits per heavy atom. The second-order valence-electron chi connectivity index (χ2n) is 5.59. The van der Waals surface area contributed by atoms with Gasteiger partial charge >= 0.3 is 11.9 Å². The van der Waals surface area contributed by atoms with Gasteiger partial charge in [0.15, 0.2) is 0 Å². The van der Waals surface area contributed by atoms with Gasteiger partial charge in [0, 0.05) is 18.4 Å². The van der Waals surface area contributed by atoms with Crippen molar-refractivity contribution in [3.63, 3.8) is 0 Å². The number of benzene rings is 1. The summed E-state index contributed by atoms with van der Waals surface area (Å²) in [6.07, 6.45) is 5.98. The predicted molar refractivity (Wildman–Crippen MR) is 83.5 cm³/mol. The molecule has 2 aliphatic rings. The molecular weight excluding hydrogens is 296 g/mol. The Labute approximate surface area is 134 Å². The minimum absolute atomic E-state index is 0.114. The molecule has 1 aliphatic heterocycles. The van der Waals surface area contributed by atoms with E-state index in [1.807, 2.05) is 6.07 Å². The minimum Gasteiger partial charge on any atom is -0.489 e. The molecule has 1 aromatic rings. The van der Waals surface area contributed by atoms with E-state index in [0.717, 1.165) is 12.8 Å². The van der Waals surface area contributed by atoms with Crippen LogP contribution in [0.1, 0.15) is 31.2 Å². The highest BCUT2D eigenvalue weighted by Gasteiger charge is 2.47. The molecular formula is C18H18O5. The van der Waals surface area contributed by atoms with E-state index >= 15 is 0 Å². The molecule has 0 aromatic heterocycles. The van der Waals surface area contributed by atoms with Gasteiger partial charge in [-0.25, -0.2) is 9.59 Å². The topological polar surface area (TPSA) is 61.8 Å². The second kappa shape index (κ2) is 6.28. The lowest BCUT2D eigenvalue weighted by Crippen LogP contribution is -2.44. The molecule has 1 saturated heterocycles. The summed E-state index contributed by atoms with van der Waals surface area (Å²) >= 11 is 0.